The minimum Gasteiger partial charge on any atom is -0.497 e. The smallest absolute Gasteiger partial charge is 0.242 e. The monoisotopic (exact) mass is 505 g/mol. The summed E-state index contributed by atoms with van der Waals surface area (Å²) in [6, 6.07) is 15.4. The molecule has 192 valence electrons. The Hall–Kier alpha value is -2.95. The standard InChI is InChI=1S/C25H35N3O6S/c1-20(25(30)26-15-8-16-33-2)28(18-22-11-13-23(34-3)14-12-22)24(29)19-27(35(4,31)32)17-21-9-6-5-7-10-21/h5-7,9-14,20H,8,15-19H2,1-4H3,(H,26,30). The van der Waals surface area contributed by atoms with Crippen LogP contribution in [-0.4, -0.2) is 75.7 Å². The molecule has 2 rings (SSSR count). The Bertz CT molecular complexity index is 1040. The summed E-state index contributed by atoms with van der Waals surface area (Å²) in [5, 5.41) is 2.82. The lowest BCUT2D eigenvalue weighted by Gasteiger charge is -2.31. The lowest BCUT2D eigenvalue weighted by atomic mass is 10.1. The van der Waals surface area contributed by atoms with E-state index in [1.54, 1.807) is 57.5 Å². The number of sulfonamides is 1. The van der Waals surface area contributed by atoms with E-state index in [1.165, 1.54) is 4.90 Å². The fourth-order valence-electron chi connectivity index (χ4n) is 3.41. The fourth-order valence-corrected chi connectivity index (χ4v) is 4.13. The maximum absolute atomic E-state index is 13.4. The molecule has 10 heteroatoms. The first-order valence-electron chi connectivity index (χ1n) is 11.3. The van der Waals surface area contributed by atoms with E-state index in [4.69, 9.17) is 9.47 Å². The SMILES string of the molecule is COCCCNC(=O)C(C)N(Cc1ccc(OC)cc1)C(=O)CN(Cc1ccccc1)S(C)(=O)=O. The van der Waals surface area contributed by atoms with Crippen LogP contribution in [0.5, 0.6) is 5.75 Å². The van der Waals surface area contributed by atoms with Crippen molar-refractivity contribution in [3.8, 4) is 5.75 Å². The van der Waals surface area contributed by atoms with Gasteiger partial charge in [0.2, 0.25) is 21.8 Å². The molecule has 0 spiro atoms. The first-order valence-corrected chi connectivity index (χ1v) is 13.2. The van der Waals surface area contributed by atoms with Crippen molar-refractivity contribution in [1.82, 2.24) is 14.5 Å². The zero-order chi connectivity index (χ0) is 25.8. The van der Waals surface area contributed by atoms with Gasteiger partial charge in [0.15, 0.2) is 0 Å². The second-order valence-corrected chi connectivity index (χ2v) is 10.2. The predicted molar refractivity (Wildman–Crippen MR) is 134 cm³/mol. The van der Waals surface area contributed by atoms with E-state index >= 15 is 0 Å². The van der Waals surface area contributed by atoms with Gasteiger partial charge in [-0.3, -0.25) is 9.59 Å². The summed E-state index contributed by atoms with van der Waals surface area (Å²) in [6.45, 7) is 2.36. The Balaban J connectivity index is 2.24. The first kappa shape index (κ1) is 28.3. The van der Waals surface area contributed by atoms with Gasteiger partial charge in [0.1, 0.15) is 11.8 Å². The first-order chi connectivity index (χ1) is 16.7. The lowest BCUT2D eigenvalue weighted by Crippen LogP contribution is -2.51. The number of amides is 2. The molecule has 0 aromatic heterocycles. The summed E-state index contributed by atoms with van der Waals surface area (Å²) in [5.74, 6) is -0.125. The second-order valence-electron chi connectivity index (χ2n) is 8.20. The van der Waals surface area contributed by atoms with Crippen LogP contribution >= 0.6 is 0 Å². The van der Waals surface area contributed by atoms with Crippen LogP contribution in [0.4, 0.5) is 0 Å². The molecular formula is C25H35N3O6S. The van der Waals surface area contributed by atoms with Crippen LogP contribution in [-0.2, 0) is 37.4 Å². The van der Waals surface area contributed by atoms with Crippen molar-refractivity contribution in [3.05, 3.63) is 65.7 Å². The third kappa shape index (κ3) is 9.31. The number of methoxy groups -OCH3 is 2. The van der Waals surface area contributed by atoms with Crippen LogP contribution in [0.25, 0.3) is 0 Å². The number of carbonyl (C=O) groups is 2. The molecule has 0 saturated carbocycles. The highest BCUT2D eigenvalue weighted by Gasteiger charge is 2.29. The van der Waals surface area contributed by atoms with Crippen molar-refractivity contribution in [1.29, 1.82) is 0 Å². The van der Waals surface area contributed by atoms with Crippen molar-refractivity contribution in [3.63, 3.8) is 0 Å². The van der Waals surface area contributed by atoms with Gasteiger partial charge in [-0.2, -0.15) is 4.31 Å². The predicted octanol–water partition coefficient (Wildman–Crippen LogP) is 2.03. The molecule has 1 N–H and O–H groups in total. The quantitative estimate of drug-likeness (QED) is 0.394. The van der Waals surface area contributed by atoms with E-state index in [1.807, 2.05) is 18.2 Å². The highest BCUT2D eigenvalue weighted by molar-refractivity contribution is 7.88. The van der Waals surface area contributed by atoms with E-state index in [2.05, 4.69) is 5.32 Å². The van der Waals surface area contributed by atoms with Crippen LogP contribution in [0.15, 0.2) is 54.6 Å². The summed E-state index contributed by atoms with van der Waals surface area (Å²) in [7, 11) is -0.536. The van der Waals surface area contributed by atoms with Crippen LogP contribution in [0.1, 0.15) is 24.5 Å². The van der Waals surface area contributed by atoms with Gasteiger partial charge in [-0.1, -0.05) is 42.5 Å². The van der Waals surface area contributed by atoms with Crippen molar-refractivity contribution in [2.24, 2.45) is 0 Å². The molecule has 0 aliphatic rings. The van der Waals surface area contributed by atoms with Crippen LogP contribution in [0.3, 0.4) is 0 Å². The van der Waals surface area contributed by atoms with Crippen molar-refractivity contribution >= 4 is 21.8 Å². The molecule has 1 atom stereocenters. The van der Waals surface area contributed by atoms with Crippen LogP contribution in [0, 0.1) is 0 Å². The van der Waals surface area contributed by atoms with Crippen molar-refractivity contribution in [2.75, 3.05) is 40.2 Å². The van der Waals surface area contributed by atoms with Gasteiger partial charge in [0.05, 0.1) is 19.9 Å². The number of hydrogen-bond donors (Lipinski definition) is 1. The zero-order valence-electron chi connectivity index (χ0n) is 20.8. The summed E-state index contributed by atoms with van der Waals surface area (Å²) >= 11 is 0. The molecule has 0 heterocycles. The van der Waals surface area contributed by atoms with Gasteiger partial charge in [-0.25, -0.2) is 8.42 Å². The topological polar surface area (TPSA) is 105 Å². The Kier molecular flexibility index (Phi) is 11.2. The highest BCUT2D eigenvalue weighted by Crippen LogP contribution is 2.16. The molecule has 0 bridgehead atoms. The van der Waals surface area contributed by atoms with Crippen LogP contribution < -0.4 is 10.1 Å². The summed E-state index contributed by atoms with van der Waals surface area (Å²) in [4.78, 5) is 27.7. The molecule has 9 nitrogen and oxygen atoms in total. The average molecular weight is 506 g/mol. The van der Waals surface area contributed by atoms with Gasteiger partial charge >= 0.3 is 0 Å². The van der Waals surface area contributed by atoms with Gasteiger partial charge in [0, 0.05) is 33.4 Å². The summed E-state index contributed by atoms with van der Waals surface area (Å²) in [5.41, 5.74) is 1.54. The van der Waals surface area contributed by atoms with Crippen LogP contribution in [0.2, 0.25) is 0 Å². The Morgan fingerprint density at radius 1 is 0.971 bits per heavy atom. The molecular weight excluding hydrogens is 470 g/mol. The van der Waals surface area contributed by atoms with Crippen molar-refractivity contribution < 1.29 is 27.5 Å². The van der Waals surface area contributed by atoms with E-state index in [0.717, 1.165) is 21.7 Å². The minimum absolute atomic E-state index is 0.0549. The van der Waals surface area contributed by atoms with E-state index < -0.39 is 22.0 Å². The molecule has 35 heavy (non-hydrogen) atoms. The Labute approximate surface area is 208 Å². The maximum Gasteiger partial charge on any atom is 0.242 e. The fraction of sp³-hybridized carbons (Fsp3) is 0.440. The molecule has 0 aliphatic carbocycles. The molecule has 0 aliphatic heterocycles. The van der Waals surface area contributed by atoms with Crippen molar-refractivity contribution in [2.45, 2.75) is 32.5 Å². The lowest BCUT2D eigenvalue weighted by molar-refractivity contribution is -0.140. The highest BCUT2D eigenvalue weighted by atomic mass is 32.2. The molecule has 0 radical (unpaired) electrons. The number of hydrogen-bond acceptors (Lipinski definition) is 6. The average Bonchev–Trinajstić information content (AvgIpc) is 2.84. The van der Waals surface area contributed by atoms with E-state index in [9.17, 15) is 18.0 Å². The minimum atomic E-state index is -3.69. The third-order valence-electron chi connectivity index (χ3n) is 5.49. The van der Waals surface area contributed by atoms with Gasteiger partial charge in [0.25, 0.3) is 0 Å². The van der Waals surface area contributed by atoms with Gasteiger partial charge < -0.3 is 19.7 Å². The number of carbonyl (C=O) groups excluding carboxylic acids is 2. The van der Waals surface area contributed by atoms with E-state index in [0.29, 0.717) is 25.3 Å². The zero-order valence-corrected chi connectivity index (χ0v) is 21.6. The molecule has 0 fully saturated rings. The molecule has 0 saturated heterocycles. The number of nitrogens with zero attached hydrogens (tertiary/aromatic N) is 2. The second kappa shape index (κ2) is 13.8. The summed E-state index contributed by atoms with van der Waals surface area (Å²) in [6.07, 6.45) is 1.71. The number of nitrogens with one attached hydrogen (secondary N) is 1. The summed E-state index contributed by atoms with van der Waals surface area (Å²) < 4.78 is 36.3. The number of benzene rings is 2. The van der Waals surface area contributed by atoms with E-state index in [-0.39, 0.29) is 25.5 Å². The van der Waals surface area contributed by atoms with Gasteiger partial charge in [-0.05, 0) is 36.6 Å². The third-order valence-corrected chi connectivity index (χ3v) is 6.68. The molecule has 1 unspecified atom stereocenters. The maximum atomic E-state index is 13.4. The molecule has 2 amide bonds. The molecule has 2 aromatic carbocycles. The normalized spacial score (nSPS) is 12.3. The van der Waals surface area contributed by atoms with Gasteiger partial charge in [-0.15, -0.1) is 0 Å². The number of rotatable bonds is 14. The largest absolute Gasteiger partial charge is 0.497 e. The Morgan fingerprint density at radius 3 is 2.17 bits per heavy atom. The Morgan fingerprint density at radius 2 is 1.60 bits per heavy atom. The molecule has 2 aromatic rings. The number of ether oxygens (including phenoxy) is 2.